The molecule has 0 bridgehead atoms. The summed E-state index contributed by atoms with van der Waals surface area (Å²) in [6.45, 7) is -0.765. The smallest absolute Gasteiger partial charge is 0.405 e. The van der Waals surface area contributed by atoms with Crippen LogP contribution in [0.4, 0.5) is 22.0 Å². The number of halogens is 5. The molecule has 208 valence electrons. The molecule has 3 aromatic rings. The van der Waals surface area contributed by atoms with Gasteiger partial charge < -0.3 is 14.6 Å². The predicted molar refractivity (Wildman–Crippen MR) is 139 cm³/mol. The maximum Gasteiger partial charge on any atom is 0.405 e. The average molecular weight is 551 g/mol. The highest BCUT2D eigenvalue weighted by Crippen LogP contribution is 2.26. The van der Waals surface area contributed by atoms with Crippen LogP contribution in [0.15, 0.2) is 75.3 Å². The van der Waals surface area contributed by atoms with Crippen molar-refractivity contribution in [2.45, 2.75) is 39.5 Å². The zero-order chi connectivity index (χ0) is 28.7. The number of benzene rings is 1. The first-order chi connectivity index (χ1) is 18.4. The maximum absolute atomic E-state index is 13.6. The Labute approximate surface area is 220 Å². The molecule has 0 saturated heterocycles. The molecule has 0 unspecified atom stereocenters. The Balaban J connectivity index is 2.17. The maximum atomic E-state index is 13.6. The predicted octanol–water partition coefficient (Wildman–Crippen LogP) is 5.33. The number of hydrogen-bond acceptors (Lipinski definition) is 5. The van der Waals surface area contributed by atoms with Gasteiger partial charge in [-0.15, -0.1) is 0 Å². The molecule has 0 aliphatic heterocycles. The molecule has 0 radical (unpaired) electrons. The molecule has 0 aliphatic carbocycles. The summed E-state index contributed by atoms with van der Waals surface area (Å²) < 4.78 is 70.5. The van der Waals surface area contributed by atoms with E-state index in [1.54, 1.807) is 13.0 Å². The molecule has 1 aromatic carbocycles. The lowest BCUT2D eigenvalue weighted by Gasteiger charge is -2.15. The van der Waals surface area contributed by atoms with E-state index < -0.39 is 24.9 Å². The number of aromatic nitrogens is 2. The normalized spacial score (nSPS) is 12.4. The second kappa shape index (κ2) is 12.5. The lowest BCUT2D eigenvalue weighted by atomic mass is 9.98. The molecule has 12 heteroatoms. The van der Waals surface area contributed by atoms with Crippen molar-refractivity contribution in [2.75, 3.05) is 6.54 Å². The molecular formula is C27H27F5N4O3. The fourth-order valence-electron chi connectivity index (χ4n) is 3.69. The molecular weight excluding hydrogens is 523 g/mol. The van der Waals surface area contributed by atoms with Gasteiger partial charge in [0.15, 0.2) is 0 Å². The van der Waals surface area contributed by atoms with Gasteiger partial charge in [-0.05, 0) is 48.7 Å². The third-order valence-electron chi connectivity index (χ3n) is 5.66. The minimum Gasteiger partial charge on any atom is -0.435 e. The molecule has 0 saturated carbocycles. The van der Waals surface area contributed by atoms with E-state index in [0.29, 0.717) is 35.2 Å². The van der Waals surface area contributed by atoms with Gasteiger partial charge in [-0.25, -0.2) is 4.99 Å². The first-order valence-corrected chi connectivity index (χ1v) is 11.9. The molecule has 2 heterocycles. The third-order valence-corrected chi connectivity index (χ3v) is 5.66. The lowest BCUT2D eigenvalue weighted by Crippen LogP contribution is -2.28. The Bertz CT molecular complexity index is 1470. The van der Waals surface area contributed by atoms with Crippen molar-refractivity contribution in [1.29, 1.82) is 0 Å². The fraction of sp³-hybridized carbons (Fsp3) is 0.296. The number of rotatable bonds is 10. The number of aryl methyl sites for hydroxylation is 1. The number of hydrogen-bond donors (Lipinski definition) is 1. The number of nitrogens with one attached hydrogen (secondary N) is 1. The Kier molecular flexibility index (Phi) is 9.44. The summed E-state index contributed by atoms with van der Waals surface area (Å²) in [4.78, 5) is 29.7. The Morgan fingerprint density at radius 1 is 1.10 bits per heavy atom. The van der Waals surface area contributed by atoms with Gasteiger partial charge in [-0.1, -0.05) is 25.5 Å². The van der Waals surface area contributed by atoms with Crippen molar-refractivity contribution >= 4 is 6.21 Å². The van der Waals surface area contributed by atoms with E-state index in [-0.39, 0.29) is 22.7 Å². The van der Waals surface area contributed by atoms with Crippen molar-refractivity contribution in [1.82, 2.24) is 14.5 Å². The van der Waals surface area contributed by atoms with Crippen LogP contribution in [0.25, 0.3) is 16.8 Å². The number of unbranched alkanes of at least 4 members (excludes halogenated alkanes) is 1. The van der Waals surface area contributed by atoms with Gasteiger partial charge in [0.1, 0.15) is 18.1 Å². The topological polar surface area (TPSA) is 77.6 Å². The van der Waals surface area contributed by atoms with Gasteiger partial charge >= 0.3 is 12.8 Å². The molecule has 0 amide bonds. The SMILES string of the molecule is CCC/C=C(/N=C\c1cn(-c2ccc(=O)n(C)c2)c(=O)c(-c2ccc(OC(F)F)cc2)c1C)NCC(F)(F)F. The summed E-state index contributed by atoms with van der Waals surface area (Å²) in [6, 6.07) is 8.24. The van der Waals surface area contributed by atoms with Crippen LogP contribution in [-0.4, -0.2) is 34.7 Å². The summed E-state index contributed by atoms with van der Waals surface area (Å²) in [5, 5.41) is 2.28. The van der Waals surface area contributed by atoms with Gasteiger partial charge in [0.2, 0.25) is 5.56 Å². The monoisotopic (exact) mass is 550 g/mol. The largest absolute Gasteiger partial charge is 0.435 e. The molecule has 0 atom stereocenters. The minimum atomic E-state index is -4.44. The van der Waals surface area contributed by atoms with Crippen LogP contribution in [0, 0.1) is 6.92 Å². The van der Waals surface area contributed by atoms with E-state index in [1.807, 2.05) is 6.92 Å². The second-order valence-corrected chi connectivity index (χ2v) is 8.60. The van der Waals surface area contributed by atoms with Gasteiger partial charge in [0, 0.05) is 37.3 Å². The van der Waals surface area contributed by atoms with E-state index >= 15 is 0 Å². The number of pyridine rings is 2. The summed E-state index contributed by atoms with van der Waals surface area (Å²) >= 11 is 0. The Morgan fingerprint density at radius 3 is 2.38 bits per heavy atom. The molecule has 0 fully saturated rings. The quantitative estimate of drug-likeness (QED) is 0.274. The van der Waals surface area contributed by atoms with Gasteiger partial charge in [-0.3, -0.25) is 14.2 Å². The van der Waals surface area contributed by atoms with Crippen LogP contribution >= 0.6 is 0 Å². The number of nitrogens with zero attached hydrogens (tertiary/aromatic N) is 3. The minimum absolute atomic E-state index is 0.0171. The van der Waals surface area contributed by atoms with E-state index in [2.05, 4.69) is 15.0 Å². The molecule has 39 heavy (non-hydrogen) atoms. The number of allylic oxidation sites excluding steroid dienone is 1. The number of aliphatic imine (C=N–C) groups is 1. The van der Waals surface area contributed by atoms with E-state index in [0.717, 1.165) is 0 Å². The van der Waals surface area contributed by atoms with Crippen LogP contribution in [0.5, 0.6) is 5.75 Å². The summed E-state index contributed by atoms with van der Waals surface area (Å²) in [5.41, 5.74) is 1.05. The molecule has 0 aliphatic rings. The summed E-state index contributed by atoms with van der Waals surface area (Å²) in [7, 11) is 1.52. The fourth-order valence-corrected chi connectivity index (χ4v) is 3.69. The molecule has 0 spiro atoms. The van der Waals surface area contributed by atoms with Crippen molar-refractivity contribution in [2.24, 2.45) is 12.0 Å². The Morgan fingerprint density at radius 2 is 1.79 bits per heavy atom. The average Bonchev–Trinajstić information content (AvgIpc) is 2.86. The molecule has 3 rings (SSSR count). The van der Waals surface area contributed by atoms with Crippen molar-refractivity contribution in [3.63, 3.8) is 0 Å². The Hall–Kier alpha value is -4.22. The zero-order valence-corrected chi connectivity index (χ0v) is 21.4. The second-order valence-electron chi connectivity index (χ2n) is 8.60. The van der Waals surface area contributed by atoms with Crippen LogP contribution in [0.3, 0.4) is 0 Å². The van der Waals surface area contributed by atoms with E-state index in [9.17, 15) is 31.5 Å². The molecule has 1 N–H and O–H groups in total. The first kappa shape index (κ1) is 29.3. The van der Waals surface area contributed by atoms with Crippen molar-refractivity contribution in [3.8, 4) is 22.6 Å². The van der Waals surface area contributed by atoms with Crippen LogP contribution in [0.1, 0.15) is 30.9 Å². The van der Waals surface area contributed by atoms with Crippen LogP contribution in [0.2, 0.25) is 0 Å². The highest BCUT2D eigenvalue weighted by molar-refractivity contribution is 5.86. The standard InChI is InChI=1S/C27H27F5N4O3/c1-4-5-6-22(34-16-27(30,31)32)33-13-19-14-36(20-9-12-23(37)35(3)15-20)25(38)24(17(19)2)18-7-10-21(11-8-18)39-26(28)29/h6-15,26,34H,4-5,16H2,1-3H3/b22-6-,33-13-. The van der Waals surface area contributed by atoms with Crippen molar-refractivity contribution in [3.05, 3.63) is 92.5 Å². The van der Waals surface area contributed by atoms with Crippen LogP contribution in [-0.2, 0) is 7.05 Å². The van der Waals surface area contributed by atoms with E-state index in [1.165, 1.54) is 71.2 Å². The van der Waals surface area contributed by atoms with E-state index in [4.69, 9.17) is 0 Å². The lowest BCUT2D eigenvalue weighted by molar-refractivity contribution is -0.123. The van der Waals surface area contributed by atoms with Gasteiger partial charge in [0.05, 0.1) is 11.3 Å². The van der Waals surface area contributed by atoms with Gasteiger partial charge in [-0.2, -0.15) is 22.0 Å². The highest BCUT2D eigenvalue weighted by atomic mass is 19.4. The number of alkyl halides is 5. The summed E-state index contributed by atoms with van der Waals surface area (Å²) in [6.07, 6.45) is 2.56. The third kappa shape index (κ3) is 7.88. The zero-order valence-electron chi connectivity index (χ0n) is 21.4. The van der Waals surface area contributed by atoms with Crippen LogP contribution < -0.4 is 21.2 Å². The summed E-state index contributed by atoms with van der Waals surface area (Å²) in [5.74, 6) is -0.0765. The molecule has 7 nitrogen and oxygen atoms in total. The first-order valence-electron chi connectivity index (χ1n) is 11.9. The highest BCUT2D eigenvalue weighted by Gasteiger charge is 2.27. The number of ether oxygens (including phenoxy) is 1. The van der Waals surface area contributed by atoms with Gasteiger partial charge in [0.25, 0.3) is 5.56 Å². The van der Waals surface area contributed by atoms with Crippen molar-refractivity contribution < 1.29 is 26.7 Å². The molecule has 2 aromatic heterocycles.